The molecule has 1 atom stereocenters. The van der Waals surface area contributed by atoms with Crippen LogP contribution in [0.15, 0.2) is 66.1 Å². The third kappa shape index (κ3) is 7.06. The van der Waals surface area contributed by atoms with Crippen LogP contribution in [0.1, 0.15) is 36.8 Å². The Morgan fingerprint density at radius 1 is 1.07 bits per heavy atom. The molecule has 1 heterocycles. The van der Waals surface area contributed by atoms with Crippen molar-refractivity contribution in [1.29, 1.82) is 0 Å². The SMILES string of the molecule is O=C(NS(=O)(=O)/C=C/c1ccccc1)N1CCCC(CCCc2ccccc2)C1. The van der Waals surface area contributed by atoms with Crippen molar-refractivity contribution in [2.45, 2.75) is 32.1 Å². The molecule has 2 aromatic rings. The van der Waals surface area contributed by atoms with Crippen LogP contribution < -0.4 is 4.72 Å². The van der Waals surface area contributed by atoms with Crippen LogP contribution in [0.2, 0.25) is 0 Å². The molecule has 0 saturated carbocycles. The molecular formula is C23H28N2O3S. The maximum absolute atomic E-state index is 12.5. The number of aryl methyl sites for hydroxylation is 1. The van der Waals surface area contributed by atoms with Gasteiger partial charge in [-0.05, 0) is 55.2 Å². The van der Waals surface area contributed by atoms with Gasteiger partial charge in [-0.3, -0.25) is 0 Å². The average Bonchev–Trinajstić information content (AvgIpc) is 2.74. The highest BCUT2D eigenvalue weighted by atomic mass is 32.2. The van der Waals surface area contributed by atoms with Crippen LogP contribution in [0, 0.1) is 5.92 Å². The highest BCUT2D eigenvalue weighted by Crippen LogP contribution is 2.22. The number of amides is 2. The van der Waals surface area contributed by atoms with Gasteiger partial charge in [0.05, 0.1) is 5.41 Å². The van der Waals surface area contributed by atoms with E-state index < -0.39 is 16.1 Å². The number of rotatable bonds is 7. The van der Waals surface area contributed by atoms with E-state index in [4.69, 9.17) is 0 Å². The van der Waals surface area contributed by atoms with E-state index in [1.54, 1.807) is 17.0 Å². The fraction of sp³-hybridized carbons (Fsp3) is 0.348. The summed E-state index contributed by atoms with van der Waals surface area (Å²) >= 11 is 0. The number of nitrogens with one attached hydrogen (secondary N) is 1. The molecule has 1 aliphatic rings. The summed E-state index contributed by atoms with van der Waals surface area (Å²) in [5, 5.41) is 1.04. The number of likely N-dealkylation sites (tertiary alicyclic amines) is 1. The van der Waals surface area contributed by atoms with E-state index in [1.165, 1.54) is 11.6 Å². The van der Waals surface area contributed by atoms with Crippen LogP contribution in [0.25, 0.3) is 6.08 Å². The molecule has 0 spiro atoms. The summed E-state index contributed by atoms with van der Waals surface area (Å²) < 4.78 is 26.6. The van der Waals surface area contributed by atoms with Gasteiger partial charge < -0.3 is 4.90 Å². The van der Waals surface area contributed by atoms with Gasteiger partial charge in [-0.25, -0.2) is 17.9 Å². The van der Waals surface area contributed by atoms with E-state index in [-0.39, 0.29) is 0 Å². The Balaban J connectivity index is 1.48. The Labute approximate surface area is 173 Å². The van der Waals surface area contributed by atoms with Gasteiger partial charge in [-0.2, -0.15) is 0 Å². The predicted octanol–water partition coefficient (Wildman–Crippen LogP) is 4.43. The van der Waals surface area contributed by atoms with Crippen molar-refractivity contribution < 1.29 is 13.2 Å². The first kappa shape index (κ1) is 21.1. The molecular weight excluding hydrogens is 384 g/mol. The highest BCUT2D eigenvalue weighted by molar-refractivity contribution is 7.93. The largest absolute Gasteiger partial charge is 0.331 e. The molecule has 154 valence electrons. The van der Waals surface area contributed by atoms with Gasteiger partial charge in [0.25, 0.3) is 10.0 Å². The van der Waals surface area contributed by atoms with Gasteiger partial charge in [-0.1, -0.05) is 60.7 Å². The van der Waals surface area contributed by atoms with Crippen LogP contribution in [0.3, 0.4) is 0 Å². The number of urea groups is 1. The Bertz CT molecular complexity index is 912. The molecule has 0 aliphatic carbocycles. The van der Waals surface area contributed by atoms with Gasteiger partial charge in [0.2, 0.25) is 0 Å². The summed E-state index contributed by atoms with van der Waals surface area (Å²) in [7, 11) is -3.82. The summed E-state index contributed by atoms with van der Waals surface area (Å²) in [4.78, 5) is 14.1. The molecule has 0 radical (unpaired) electrons. The van der Waals surface area contributed by atoms with E-state index >= 15 is 0 Å². The number of nitrogens with zero attached hydrogens (tertiary/aromatic N) is 1. The second kappa shape index (κ2) is 10.3. The molecule has 2 amide bonds. The monoisotopic (exact) mass is 412 g/mol. The predicted molar refractivity (Wildman–Crippen MR) is 117 cm³/mol. The Hall–Kier alpha value is -2.60. The van der Waals surface area contributed by atoms with Gasteiger partial charge >= 0.3 is 6.03 Å². The number of hydrogen-bond acceptors (Lipinski definition) is 3. The van der Waals surface area contributed by atoms with E-state index in [1.807, 2.05) is 24.3 Å². The minimum atomic E-state index is -3.82. The average molecular weight is 413 g/mol. The minimum absolute atomic E-state index is 0.417. The number of carbonyl (C=O) groups excluding carboxylic acids is 1. The summed E-state index contributed by atoms with van der Waals surface area (Å²) in [6.07, 6.45) is 6.62. The maximum atomic E-state index is 12.5. The van der Waals surface area contributed by atoms with E-state index in [0.717, 1.165) is 43.1 Å². The normalized spacial score (nSPS) is 17.4. The summed E-state index contributed by atoms with van der Waals surface area (Å²) in [5.41, 5.74) is 2.09. The van der Waals surface area contributed by atoms with Crippen LogP contribution in [0.4, 0.5) is 4.79 Å². The summed E-state index contributed by atoms with van der Waals surface area (Å²) in [5.74, 6) is 0.417. The molecule has 1 saturated heterocycles. The zero-order chi connectivity index (χ0) is 20.5. The fourth-order valence-corrected chi connectivity index (χ4v) is 4.45. The molecule has 0 bridgehead atoms. The quantitative estimate of drug-likeness (QED) is 0.731. The number of carbonyl (C=O) groups is 1. The third-order valence-electron chi connectivity index (χ3n) is 5.20. The van der Waals surface area contributed by atoms with Gasteiger partial charge in [-0.15, -0.1) is 0 Å². The van der Waals surface area contributed by atoms with Crippen molar-refractivity contribution >= 4 is 22.1 Å². The van der Waals surface area contributed by atoms with Crippen molar-refractivity contribution in [2.24, 2.45) is 5.92 Å². The first-order valence-corrected chi connectivity index (χ1v) is 11.7. The molecule has 0 aromatic heterocycles. The van der Waals surface area contributed by atoms with Crippen LogP contribution in [-0.4, -0.2) is 32.4 Å². The van der Waals surface area contributed by atoms with E-state index in [2.05, 4.69) is 29.0 Å². The molecule has 1 fully saturated rings. The van der Waals surface area contributed by atoms with Crippen LogP contribution in [-0.2, 0) is 16.4 Å². The maximum Gasteiger partial charge on any atom is 0.331 e. The fourth-order valence-electron chi connectivity index (χ4n) is 3.68. The molecule has 29 heavy (non-hydrogen) atoms. The van der Waals surface area contributed by atoms with Gasteiger partial charge in [0.1, 0.15) is 0 Å². The second-order valence-electron chi connectivity index (χ2n) is 7.50. The number of piperidine rings is 1. The zero-order valence-electron chi connectivity index (χ0n) is 16.5. The lowest BCUT2D eigenvalue weighted by molar-refractivity contribution is 0.166. The molecule has 1 N–H and O–H groups in total. The van der Waals surface area contributed by atoms with Crippen LogP contribution >= 0.6 is 0 Å². The molecule has 1 aliphatic heterocycles. The Kier molecular flexibility index (Phi) is 7.47. The third-order valence-corrected chi connectivity index (χ3v) is 6.15. The lowest BCUT2D eigenvalue weighted by atomic mass is 9.92. The van der Waals surface area contributed by atoms with Crippen molar-refractivity contribution in [3.63, 3.8) is 0 Å². The first-order chi connectivity index (χ1) is 14.0. The molecule has 1 unspecified atom stereocenters. The van der Waals surface area contributed by atoms with E-state index in [0.29, 0.717) is 19.0 Å². The first-order valence-electron chi connectivity index (χ1n) is 10.1. The van der Waals surface area contributed by atoms with Gasteiger partial charge in [0, 0.05) is 13.1 Å². The van der Waals surface area contributed by atoms with Crippen molar-refractivity contribution in [3.05, 3.63) is 77.2 Å². The van der Waals surface area contributed by atoms with Crippen molar-refractivity contribution in [3.8, 4) is 0 Å². The Morgan fingerprint density at radius 3 is 2.48 bits per heavy atom. The van der Waals surface area contributed by atoms with Crippen LogP contribution in [0.5, 0.6) is 0 Å². The molecule has 5 nitrogen and oxygen atoms in total. The topological polar surface area (TPSA) is 66.5 Å². The highest BCUT2D eigenvalue weighted by Gasteiger charge is 2.25. The Morgan fingerprint density at radius 2 is 1.76 bits per heavy atom. The molecule has 3 rings (SSSR count). The van der Waals surface area contributed by atoms with Crippen molar-refractivity contribution in [2.75, 3.05) is 13.1 Å². The smallest absolute Gasteiger partial charge is 0.324 e. The number of hydrogen-bond donors (Lipinski definition) is 1. The lowest BCUT2D eigenvalue weighted by Gasteiger charge is -2.32. The lowest BCUT2D eigenvalue weighted by Crippen LogP contribution is -2.46. The summed E-state index contributed by atoms with van der Waals surface area (Å²) in [6, 6.07) is 19.0. The minimum Gasteiger partial charge on any atom is -0.324 e. The number of benzene rings is 2. The van der Waals surface area contributed by atoms with E-state index in [9.17, 15) is 13.2 Å². The van der Waals surface area contributed by atoms with Crippen molar-refractivity contribution in [1.82, 2.24) is 9.62 Å². The van der Waals surface area contributed by atoms with Gasteiger partial charge in [0.15, 0.2) is 0 Å². The number of sulfonamides is 1. The summed E-state index contributed by atoms with van der Waals surface area (Å²) in [6.45, 7) is 1.21. The standard InChI is InChI=1S/C23H28N2O3S/c26-23(24-29(27,28)18-16-21-11-5-2-6-12-21)25-17-8-15-22(19-25)14-7-13-20-9-3-1-4-10-20/h1-6,9-12,16,18,22H,7-8,13-15,17,19H2,(H,24,26)/b18-16+. The molecule has 2 aromatic carbocycles. The molecule has 6 heteroatoms. The zero-order valence-corrected chi connectivity index (χ0v) is 17.4. The second-order valence-corrected chi connectivity index (χ2v) is 9.06.